The predicted octanol–water partition coefficient (Wildman–Crippen LogP) is 2.65. The minimum Gasteiger partial charge on any atom is -0.382 e. The molecule has 0 saturated carbocycles. The maximum Gasteiger partial charge on any atom is 0.194 e. The summed E-state index contributed by atoms with van der Waals surface area (Å²) in [5.74, 6) is 2.01. The molecule has 1 aliphatic heterocycles. The number of piperazine rings is 1. The van der Waals surface area contributed by atoms with Gasteiger partial charge in [-0.25, -0.2) is 0 Å². The highest BCUT2D eigenvalue weighted by Crippen LogP contribution is 2.15. The lowest BCUT2D eigenvalue weighted by atomic mass is 10.2. The van der Waals surface area contributed by atoms with Gasteiger partial charge in [0.15, 0.2) is 5.96 Å². The summed E-state index contributed by atoms with van der Waals surface area (Å²) in [7, 11) is 0. The van der Waals surface area contributed by atoms with Crippen molar-refractivity contribution in [3.05, 3.63) is 42.5 Å². The van der Waals surface area contributed by atoms with E-state index in [0.717, 1.165) is 83.7 Å². The van der Waals surface area contributed by atoms with Crippen molar-refractivity contribution < 1.29 is 4.74 Å². The first kappa shape index (κ1) is 25.4. The smallest absolute Gasteiger partial charge is 0.194 e. The lowest BCUT2D eigenvalue weighted by Gasteiger charge is -2.37. The molecule has 1 fully saturated rings. The van der Waals surface area contributed by atoms with Gasteiger partial charge in [-0.2, -0.15) is 0 Å². The Hall–Kier alpha value is -1.88. The summed E-state index contributed by atoms with van der Waals surface area (Å²) < 4.78 is 7.56. The third kappa shape index (κ3) is 7.95. The van der Waals surface area contributed by atoms with Crippen molar-refractivity contribution in [3.63, 3.8) is 0 Å². The number of aliphatic imine (C=N–C) groups is 1. The highest BCUT2D eigenvalue weighted by molar-refractivity contribution is 14.0. The quantitative estimate of drug-likeness (QED) is 0.216. The number of hydrogen-bond acceptors (Lipinski definition) is 5. The van der Waals surface area contributed by atoms with Gasteiger partial charge >= 0.3 is 0 Å². The first-order chi connectivity index (χ1) is 14.8. The molecule has 1 saturated heterocycles. The Morgan fingerprint density at radius 3 is 2.61 bits per heavy atom. The Kier molecular flexibility index (Phi) is 11.7. The minimum atomic E-state index is 0. The molecule has 172 valence electrons. The molecule has 3 rings (SSSR count). The van der Waals surface area contributed by atoms with Crippen LogP contribution in [0.25, 0.3) is 0 Å². The summed E-state index contributed by atoms with van der Waals surface area (Å²) in [6.07, 6.45) is 3.63. The molecule has 0 aliphatic carbocycles. The normalized spacial score (nSPS) is 14.5. The molecule has 9 heteroatoms. The number of nitrogens with zero attached hydrogens (tertiary/aromatic N) is 6. The fraction of sp³-hybridized carbons (Fsp3) is 0.591. The molecule has 1 N–H and O–H groups in total. The van der Waals surface area contributed by atoms with Crippen LogP contribution >= 0.6 is 24.0 Å². The van der Waals surface area contributed by atoms with Gasteiger partial charge in [0.25, 0.3) is 0 Å². The van der Waals surface area contributed by atoms with Gasteiger partial charge in [-0.1, -0.05) is 25.1 Å². The van der Waals surface area contributed by atoms with E-state index in [9.17, 15) is 0 Å². The van der Waals surface area contributed by atoms with Gasteiger partial charge in [0.1, 0.15) is 12.2 Å². The summed E-state index contributed by atoms with van der Waals surface area (Å²) in [5, 5.41) is 11.7. The van der Waals surface area contributed by atoms with Crippen LogP contribution < -0.4 is 10.2 Å². The number of anilines is 1. The van der Waals surface area contributed by atoms with Crippen LogP contribution in [0, 0.1) is 0 Å². The van der Waals surface area contributed by atoms with Gasteiger partial charge in [-0.15, -0.1) is 34.2 Å². The van der Waals surface area contributed by atoms with E-state index in [1.165, 1.54) is 5.69 Å². The minimum absolute atomic E-state index is 0. The zero-order chi connectivity index (χ0) is 21.0. The molecule has 1 aromatic carbocycles. The SMILES string of the molecule is CCOCCCN=C(NCCn1cnnc1CC)N1CCN(c2ccccc2)CC1.I. The molecule has 0 bridgehead atoms. The number of rotatable bonds is 10. The third-order valence-electron chi connectivity index (χ3n) is 5.26. The number of hydrogen-bond donors (Lipinski definition) is 1. The summed E-state index contributed by atoms with van der Waals surface area (Å²) in [6.45, 7) is 12.0. The topological polar surface area (TPSA) is 70.8 Å². The molecule has 0 radical (unpaired) electrons. The van der Waals surface area contributed by atoms with Crippen LogP contribution in [0.3, 0.4) is 0 Å². The monoisotopic (exact) mass is 541 g/mol. The van der Waals surface area contributed by atoms with Gasteiger partial charge in [0.05, 0.1) is 0 Å². The lowest BCUT2D eigenvalue weighted by Crippen LogP contribution is -2.53. The second-order valence-electron chi connectivity index (χ2n) is 7.29. The fourth-order valence-electron chi connectivity index (χ4n) is 3.61. The molecule has 0 amide bonds. The van der Waals surface area contributed by atoms with Crippen molar-refractivity contribution in [1.82, 2.24) is 25.0 Å². The summed E-state index contributed by atoms with van der Waals surface area (Å²) in [4.78, 5) is 9.68. The Balaban J connectivity index is 0.00000341. The third-order valence-corrected chi connectivity index (χ3v) is 5.26. The molecule has 1 aromatic heterocycles. The average molecular weight is 541 g/mol. The van der Waals surface area contributed by atoms with E-state index in [1.54, 1.807) is 6.33 Å². The molecule has 0 unspecified atom stereocenters. The average Bonchev–Trinajstić information content (AvgIpc) is 3.26. The number of aromatic nitrogens is 3. The first-order valence-corrected chi connectivity index (χ1v) is 11.1. The van der Waals surface area contributed by atoms with Crippen molar-refractivity contribution in [3.8, 4) is 0 Å². The zero-order valence-corrected chi connectivity index (χ0v) is 21.1. The van der Waals surface area contributed by atoms with Gasteiger partial charge in [0.2, 0.25) is 0 Å². The Morgan fingerprint density at radius 2 is 1.90 bits per heavy atom. The van der Waals surface area contributed by atoms with Crippen LogP contribution in [0.15, 0.2) is 41.7 Å². The molecule has 1 aliphatic rings. The number of aryl methyl sites for hydroxylation is 1. The molecule has 0 atom stereocenters. The zero-order valence-electron chi connectivity index (χ0n) is 18.7. The summed E-state index contributed by atoms with van der Waals surface area (Å²) >= 11 is 0. The number of benzene rings is 1. The Morgan fingerprint density at radius 1 is 1.13 bits per heavy atom. The van der Waals surface area contributed by atoms with Crippen LogP contribution in [0.1, 0.15) is 26.1 Å². The van der Waals surface area contributed by atoms with Crippen molar-refractivity contribution in [2.75, 3.05) is 57.4 Å². The predicted molar refractivity (Wildman–Crippen MR) is 136 cm³/mol. The van der Waals surface area contributed by atoms with Crippen molar-refractivity contribution in [2.45, 2.75) is 33.2 Å². The van der Waals surface area contributed by atoms with Crippen molar-refractivity contribution in [1.29, 1.82) is 0 Å². The van der Waals surface area contributed by atoms with Crippen LogP contribution in [0.4, 0.5) is 5.69 Å². The highest BCUT2D eigenvalue weighted by Gasteiger charge is 2.20. The van der Waals surface area contributed by atoms with E-state index in [4.69, 9.17) is 9.73 Å². The van der Waals surface area contributed by atoms with Crippen LogP contribution in [0.5, 0.6) is 0 Å². The number of nitrogens with one attached hydrogen (secondary N) is 1. The maximum absolute atomic E-state index is 5.45. The molecule has 2 aromatic rings. The first-order valence-electron chi connectivity index (χ1n) is 11.1. The van der Waals surface area contributed by atoms with Crippen molar-refractivity contribution >= 4 is 35.6 Å². The largest absolute Gasteiger partial charge is 0.382 e. The number of para-hydroxylation sites is 1. The van der Waals surface area contributed by atoms with Gasteiger partial charge in [0, 0.05) is 71.1 Å². The molecule has 31 heavy (non-hydrogen) atoms. The highest BCUT2D eigenvalue weighted by atomic mass is 127. The molecular formula is C22H36IN7O. The summed E-state index contributed by atoms with van der Waals surface area (Å²) in [5.41, 5.74) is 1.29. The van der Waals surface area contributed by atoms with E-state index < -0.39 is 0 Å². The standard InChI is InChI=1S/C22H35N7O.HI/c1-3-21-26-25-19-29(21)13-12-24-22(23-11-8-18-30-4-2)28-16-14-27(15-17-28)20-9-6-5-7-10-20;/h5-7,9-10,19H,3-4,8,11-18H2,1-2H3,(H,23,24);1H. The second-order valence-corrected chi connectivity index (χ2v) is 7.29. The van der Waals surface area contributed by atoms with E-state index in [0.29, 0.717) is 0 Å². The molecular weight excluding hydrogens is 505 g/mol. The Labute approximate surface area is 203 Å². The van der Waals surface area contributed by atoms with Gasteiger partial charge in [-0.3, -0.25) is 4.99 Å². The van der Waals surface area contributed by atoms with E-state index in [-0.39, 0.29) is 24.0 Å². The van der Waals surface area contributed by atoms with Crippen LogP contribution in [0.2, 0.25) is 0 Å². The molecule has 0 spiro atoms. The summed E-state index contributed by atoms with van der Waals surface area (Å²) in [6, 6.07) is 10.6. The number of guanidine groups is 1. The van der Waals surface area contributed by atoms with E-state index >= 15 is 0 Å². The lowest BCUT2D eigenvalue weighted by molar-refractivity contribution is 0.146. The number of halogens is 1. The van der Waals surface area contributed by atoms with E-state index in [2.05, 4.69) is 67.1 Å². The maximum atomic E-state index is 5.45. The van der Waals surface area contributed by atoms with Crippen LogP contribution in [-0.2, 0) is 17.7 Å². The second kappa shape index (κ2) is 14.2. The van der Waals surface area contributed by atoms with Gasteiger partial charge < -0.3 is 24.4 Å². The molecule has 2 heterocycles. The fourth-order valence-corrected chi connectivity index (χ4v) is 3.61. The van der Waals surface area contributed by atoms with Crippen molar-refractivity contribution in [2.24, 2.45) is 4.99 Å². The van der Waals surface area contributed by atoms with E-state index in [1.807, 2.05) is 6.92 Å². The Bertz CT molecular complexity index is 760. The molecule has 8 nitrogen and oxygen atoms in total. The number of ether oxygens (including phenoxy) is 1. The van der Waals surface area contributed by atoms with Gasteiger partial charge in [-0.05, 0) is 25.5 Å². The van der Waals surface area contributed by atoms with Crippen LogP contribution in [-0.4, -0.2) is 78.1 Å².